The molecule has 0 atom stereocenters. The van der Waals surface area contributed by atoms with Crippen molar-refractivity contribution in [2.24, 2.45) is 0 Å². The van der Waals surface area contributed by atoms with E-state index < -0.39 is 11.8 Å². The van der Waals surface area contributed by atoms with Crippen molar-refractivity contribution >= 4 is 39.3 Å². The first-order chi connectivity index (χ1) is 10.7. The van der Waals surface area contributed by atoms with Crippen molar-refractivity contribution in [1.29, 1.82) is 0 Å². The van der Waals surface area contributed by atoms with Crippen molar-refractivity contribution < 1.29 is 13.9 Å². The molecule has 0 aliphatic heterocycles. The van der Waals surface area contributed by atoms with Crippen LogP contribution in [0, 0.1) is 5.82 Å². The van der Waals surface area contributed by atoms with E-state index in [0.717, 1.165) is 20.1 Å². The summed E-state index contributed by atoms with van der Waals surface area (Å²) in [5.74, 6) is -0.446. The summed E-state index contributed by atoms with van der Waals surface area (Å²) >= 11 is 3.13. The molecule has 2 aromatic carbocycles. The van der Waals surface area contributed by atoms with Crippen LogP contribution in [0.3, 0.4) is 0 Å². The maximum Gasteiger partial charge on any atom is 0.338 e. The molecule has 3 nitrogen and oxygen atoms in total. The van der Waals surface area contributed by atoms with Crippen LogP contribution in [-0.2, 0) is 10.5 Å². The Morgan fingerprint density at radius 3 is 2.91 bits per heavy atom. The predicted octanol–water partition coefficient (Wildman–Crippen LogP) is 4.51. The van der Waals surface area contributed by atoms with Gasteiger partial charge in [0, 0.05) is 5.75 Å². The highest BCUT2D eigenvalue weighted by atomic mass is 32.2. The van der Waals surface area contributed by atoms with Crippen LogP contribution in [0.1, 0.15) is 15.9 Å². The van der Waals surface area contributed by atoms with Crippen molar-refractivity contribution in [2.45, 2.75) is 10.1 Å². The Kier molecular flexibility index (Phi) is 4.40. The van der Waals surface area contributed by atoms with Crippen molar-refractivity contribution in [3.05, 3.63) is 59.4 Å². The van der Waals surface area contributed by atoms with Crippen LogP contribution in [0.4, 0.5) is 4.39 Å². The molecule has 0 saturated heterocycles. The second-order valence-corrected chi connectivity index (χ2v) is 6.78. The van der Waals surface area contributed by atoms with Crippen molar-refractivity contribution in [3.8, 4) is 0 Å². The molecule has 0 aliphatic rings. The van der Waals surface area contributed by atoms with Crippen LogP contribution in [0.25, 0.3) is 10.2 Å². The zero-order valence-corrected chi connectivity index (χ0v) is 13.3. The number of rotatable bonds is 4. The van der Waals surface area contributed by atoms with Crippen molar-refractivity contribution in [3.63, 3.8) is 0 Å². The summed E-state index contributed by atoms with van der Waals surface area (Å²) in [6, 6.07) is 12.1. The average Bonchev–Trinajstić information content (AvgIpc) is 2.95. The van der Waals surface area contributed by atoms with Gasteiger partial charge in [-0.25, -0.2) is 14.2 Å². The smallest absolute Gasteiger partial charge is 0.338 e. The zero-order valence-electron chi connectivity index (χ0n) is 11.7. The number of thioether (sulfide) groups is 1. The van der Waals surface area contributed by atoms with Gasteiger partial charge in [0.05, 0.1) is 22.9 Å². The summed E-state index contributed by atoms with van der Waals surface area (Å²) < 4.78 is 20.1. The number of ether oxygens (including phenoxy) is 1. The Morgan fingerprint density at radius 1 is 1.32 bits per heavy atom. The summed E-state index contributed by atoms with van der Waals surface area (Å²) in [7, 11) is 1.29. The highest BCUT2D eigenvalue weighted by molar-refractivity contribution is 8.00. The monoisotopic (exact) mass is 333 g/mol. The number of esters is 1. The Morgan fingerprint density at radius 2 is 2.14 bits per heavy atom. The first kappa shape index (κ1) is 15.0. The van der Waals surface area contributed by atoms with Gasteiger partial charge in [0.2, 0.25) is 0 Å². The van der Waals surface area contributed by atoms with E-state index >= 15 is 0 Å². The van der Waals surface area contributed by atoms with Gasteiger partial charge in [-0.15, -0.1) is 11.3 Å². The molecule has 1 heterocycles. The van der Waals surface area contributed by atoms with Gasteiger partial charge in [0.1, 0.15) is 5.82 Å². The molecule has 112 valence electrons. The molecule has 3 rings (SSSR count). The van der Waals surface area contributed by atoms with E-state index in [4.69, 9.17) is 4.74 Å². The highest BCUT2D eigenvalue weighted by Crippen LogP contribution is 2.32. The quantitative estimate of drug-likeness (QED) is 0.520. The molecule has 0 saturated carbocycles. The zero-order chi connectivity index (χ0) is 15.5. The van der Waals surface area contributed by atoms with Gasteiger partial charge in [-0.1, -0.05) is 30.0 Å². The summed E-state index contributed by atoms with van der Waals surface area (Å²) in [5, 5.41) is 0. The average molecular weight is 333 g/mol. The van der Waals surface area contributed by atoms with Gasteiger partial charge in [0.25, 0.3) is 0 Å². The van der Waals surface area contributed by atoms with Gasteiger partial charge < -0.3 is 4.74 Å². The predicted molar refractivity (Wildman–Crippen MR) is 86.9 cm³/mol. The van der Waals surface area contributed by atoms with Crippen LogP contribution < -0.4 is 0 Å². The van der Waals surface area contributed by atoms with E-state index in [1.807, 2.05) is 24.3 Å². The summed E-state index contributed by atoms with van der Waals surface area (Å²) in [6.45, 7) is 0. The first-order valence-electron chi connectivity index (χ1n) is 6.52. The van der Waals surface area contributed by atoms with Crippen LogP contribution in [0.15, 0.2) is 46.8 Å². The maximum atomic E-state index is 13.3. The van der Waals surface area contributed by atoms with Gasteiger partial charge in [0.15, 0.2) is 4.34 Å². The largest absolute Gasteiger partial charge is 0.465 e. The number of benzene rings is 2. The van der Waals surface area contributed by atoms with E-state index in [-0.39, 0.29) is 5.56 Å². The lowest BCUT2D eigenvalue weighted by Gasteiger charge is -2.06. The third-order valence-corrected chi connectivity index (χ3v) is 5.33. The molecule has 0 fully saturated rings. The number of hydrogen-bond donors (Lipinski definition) is 0. The van der Waals surface area contributed by atoms with E-state index in [9.17, 15) is 9.18 Å². The van der Waals surface area contributed by atoms with Crippen molar-refractivity contribution in [2.75, 3.05) is 7.11 Å². The fraction of sp³-hybridized carbons (Fsp3) is 0.125. The van der Waals surface area contributed by atoms with E-state index in [1.54, 1.807) is 17.4 Å². The lowest BCUT2D eigenvalue weighted by atomic mass is 10.1. The van der Waals surface area contributed by atoms with Gasteiger partial charge in [-0.05, 0) is 29.8 Å². The maximum absolute atomic E-state index is 13.3. The Hall–Kier alpha value is -1.92. The van der Waals surface area contributed by atoms with Crippen LogP contribution >= 0.6 is 23.1 Å². The minimum Gasteiger partial charge on any atom is -0.465 e. The van der Waals surface area contributed by atoms with Crippen LogP contribution in [0.5, 0.6) is 0 Å². The fourth-order valence-corrected chi connectivity index (χ4v) is 4.10. The number of fused-ring (bicyclic) bond motifs is 1. The second kappa shape index (κ2) is 6.46. The molecule has 0 aliphatic carbocycles. The molecule has 3 aromatic rings. The number of halogens is 1. The molecule has 0 unspecified atom stereocenters. The minimum atomic E-state index is -0.528. The number of methoxy groups -OCH3 is 1. The molecular weight excluding hydrogens is 321 g/mol. The molecule has 1 aromatic heterocycles. The molecule has 0 bridgehead atoms. The number of hydrogen-bond acceptors (Lipinski definition) is 5. The summed E-state index contributed by atoms with van der Waals surface area (Å²) in [4.78, 5) is 16.3. The van der Waals surface area contributed by atoms with Gasteiger partial charge in [-0.3, -0.25) is 0 Å². The lowest BCUT2D eigenvalue weighted by molar-refractivity contribution is 0.0599. The third-order valence-electron chi connectivity index (χ3n) is 3.10. The van der Waals surface area contributed by atoms with E-state index in [1.165, 1.54) is 31.0 Å². The van der Waals surface area contributed by atoms with Crippen LogP contribution in [-0.4, -0.2) is 18.1 Å². The van der Waals surface area contributed by atoms with E-state index in [2.05, 4.69) is 4.98 Å². The van der Waals surface area contributed by atoms with Crippen molar-refractivity contribution in [1.82, 2.24) is 4.98 Å². The number of aromatic nitrogens is 1. The fourth-order valence-electron chi connectivity index (χ4n) is 2.03. The number of carbonyl (C=O) groups excluding carboxylic acids is 1. The SMILES string of the molecule is COC(=O)c1cc(F)ccc1CSc1nc2ccccc2s1. The lowest BCUT2D eigenvalue weighted by Crippen LogP contribution is -2.05. The van der Waals surface area contributed by atoms with Gasteiger partial charge in [-0.2, -0.15) is 0 Å². The molecule has 0 amide bonds. The summed E-state index contributed by atoms with van der Waals surface area (Å²) in [6.07, 6.45) is 0. The number of thiazole rings is 1. The highest BCUT2D eigenvalue weighted by Gasteiger charge is 2.14. The van der Waals surface area contributed by atoms with Crippen LogP contribution in [0.2, 0.25) is 0 Å². The minimum absolute atomic E-state index is 0.260. The van der Waals surface area contributed by atoms with E-state index in [0.29, 0.717) is 5.75 Å². The molecule has 0 N–H and O–H groups in total. The number of carbonyl (C=O) groups is 1. The molecule has 6 heteroatoms. The standard InChI is InChI=1S/C16H12FNO2S2/c1-20-15(19)12-8-11(17)7-6-10(12)9-21-16-18-13-4-2-3-5-14(13)22-16/h2-8H,9H2,1H3. The third kappa shape index (κ3) is 3.13. The topological polar surface area (TPSA) is 39.2 Å². The Labute approximate surface area is 135 Å². The molecule has 0 radical (unpaired) electrons. The normalized spacial score (nSPS) is 10.8. The summed E-state index contributed by atoms with van der Waals surface area (Å²) in [5.41, 5.74) is 1.95. The Balaban J connectivity index is 1.82. The number of para-hydroxylation sites is 1. The Bertz CT molecular complexity index is 799. The molecule has 0 spiro atoms. The van der Waals surface area contributed by atoms with Gasteiger partial charge >= 0.3 is 5.97 Å². The molecular formula is C16H12FNO2S2. The number of nitrogens with zero attached hydrogens (tertiary/aromatic N) is 1. The first-order valence-corrected chi connectivity index (χ1v) is 8.32. The second-order valence-electron chi connectivity index (χ2n) is 4.53. The molecule has 22 heavy (non-hydrogen) atoms.